The Morgan fingerprint density at radius 3 is 2.45 bits per heavy atom. The van der Waals surface area contributed by atoms with Crippen LogP contribution in [0.3, 0.4) is 0 Å². The third-order valence-corrected chi connectivity index (χ3v) is 3.33. The number of carbonyl (C=O) groups excluding carboxylic acids is 2. The van der Waals surface area contributed by atoms with Crippen LogP contribution >= 0.6 is 0 Å². The predicted molar refractivity (Wildman–Crippen MR) is 72.4 cm³/mol. The van der Waals surface area contributed by atoms with Gasteiger partial charge >= 0.3 is 6.09 Å². The summed E-state index contributed by atoms with van der Waals surface area (Å²) in [5.41, 5.74) is 0.595. The van der Waals surface area contributed by atoms with Gasteiger partial charge in [0.1, 0.15) is 5.69 Å². The van der Waals surface area contributed by atoms with Crippen LogP contribution in [0.1, 0.15) is 24.3 Å². The minimum absolute atomic E-state index is 0.0344. The van der Waals surface area contributed by atoms with Crippen LogP contribution in [0.25, 0.3) is 0 Å². The zero-order chi connectivity index (χ0) is 14.5. The molecule has 0 aliphatic carbocycles. The molecule has 20 heavy (non-hydrogen) atoms. The topological polar surface area (TPSA) is 67.7 Å². The van der Waals surface area contributed by atoms with Crippen LogP contribution in [0, 0.1) is 0 Å². The van der Waals surface area contributed by atoms with Gasteiger partial charge in [-0.3, -0.25) is 9.48 Å². The normalized spacial score (nSPS) is 15.3. The first-order valence-corrected chi connectivity index (χ1v) is 6.90. The second kappa shape index (κ2) is 6.40. The maximum Gasteiger partial charge on any atom is 0.409 e. The molecule has 1 saturated heterocycles. The molecule has 0 bridgehead atoms. The van der Waals surface area contributed by atoms with Crippen molar-refractivity contribution in [2.24, 2.45) is 0 Å². The van der Waals surface area contributed by atoms with Crippen LogP contribution in [-0.4, -0.2) is 64.4 Å². The smallest absolute Gasteiger partial charge is 0.409 e. The first kappa shape index (κ1) is 14.4. The molecule has 7 heteroatoms. The van der Waals surface area contributed by atoms with Gasteiger partial charge in [-0.05, 0) is 19.9 Å². The summed E-state index contributed by atoms with van der Waals surface area (Å²) in [7, 11) is 0. The van der Waals surface area contributed by atoms with Crippen LogP contribution in [0.5, 0.6) is 0 Å². The average molecular weight is 280 g/mol. The Balaban J connectivity index is 1.94. The molecular weight excluding hydrogens is 260 g/mol. The minimum Gasteiger partial charge on any atom is -0.450 e. The van der Waals surface area contributed by atoms with E-state index in [1.807, 2.05) is 6.92 Å². The van der Waals surface area contributed by atoms with E-state index >= 15 is 0 Å². The minimum atomic E-state index is -0.307. The number of hydrogen-bond donors (Lipinski definition) is 0. The van der Waals surface area contributed by atoms with Crippen LogP contribution in [0.2, 0.25) is 0 Å². The lowest BCUT2D eigenvalue weighted by Gasteiger charge is -2.34. The Bertz CT molecular complexity index is 478. The molecule has 0 atom stereocenters. The number of aromatic nitrogens is 2. The molecule has 0 radical (unpaired) electrons. The molecule has 1 aliphatic heterocycles. The van der Waals surface area contributed by atoms with E-state index in [1.54, 1.807) is 33.7 Å². The Morgan fingerprint density at radius 2 is 1.85 bits per heavy atom. The van der Waals surface area contributed by atoms with Crippen molar-refractivity contribution in [2.45, 2.75) is 20.4 Å². The molecule has 1 fully saturated rings. The van der Waals surface area contributed by atoms with E-state index in [9.17, 15) is 9.59 Å². The molecule has 1 aromatic heterocycles. The Hall–Kier alpha value is -2.05. The second-order valence-electron chi connectivity index (χ2n) is 4.51. The van der Waals surface area contributed by atoms with Gasteiger partial charge in [-0.2, -0.15) is 5.10 Å². The molecule has 2 amide bonds. The van der Waals surface area contributed by atoms with Crippen molar-refractivity contribution >= 4 is 12.0 Å². The summed E-state index contributed by atoms with van der Waals surface area (Å²) in [6.07, 6.45) is 1.32. The molecule has 0 aromatic carbocycles. The second-order valence-corrected chi connectivity index (χ2v) is 4.51. The lowest BCUT2D eigenvalue weighted by Crippen LogP contribution is -2.51. The number of ether oxygens (including phenoxy) is 1. The Kier molecular flexibility index (Phi) is 4.60. The van der Waals surface area contributed by atoms with E-state index in [2.05, 4.69) is 5.10 Å². The van der Waals surface area contributed by atoms with Gasteiger partial charge in [0.05, 0.1) is 6.61 Å². The van der Waals surface area contributed by atoms with Crippen LogP contribution in [0.15, 0.2) is 12.3 Å². The molecule has 2 heterocycles. The molecule has 1 aliphatic rings. The van der Waals surface area contributed by atoms with Gasteiger partial charge in [-0.25, -0.2) is 4.79 Å². The van der Waals surface area contributed by atoms with Crippen molar-refractivity contribution in [3.63, 3.8) is 0 Å². The summed E-state index contributed by atoms with van der Waals surface area (Å²) in [6, 6.07) is 1.73. The van der Waals surface area contributed by atoms with Crippen LogP contribution < -0.4 is 0 Å². The fraction of sp³-hybridized carbons (Fsp3) is 0.615. The first-order valence-electron chi connectivity index (χ1n) is 6.90. The van der Waals surface area contributed by atoms with Gasteiger partial charge in [0, 0.05) is 38.9 Å². The highest BCUT2D eigenvalue weighted by Gasteiger charge is 2.26. The largest absolute Gasteiger partial charge is 0.450 e. The molecule has 7 nitrogen and oxygen atoms in total. The van der Waals surface area contributed by atoms with Crippen molar-refractivity contribution in [2.75, 3.05) is 32.8 Å². The van der Waals surface area contributed by atoms with Gasteiger partial charge in [0.25, 0.3) is 5.91 Å². The number of nitrogens with zero attached hydrogens (tertiary/aromatic N) is 4. The number of carbonyl (C=O) groups is 2. The molecule has 2 rings (SSSR count). The third kappa shape index (κ3) is 2.92. The SMILES string of the molecule is CCOC(=O)N1CCN(C(=O)c2ccnn2CC)CC1. The molecule has 110 valence electrons. The van der Waals surface area contributed by atoms with Crippen molar-refractivity contribution in [1.82, 2.24) is 19.6 Å². The highest BCUT2D eigenvalue weighted by Crippen LogP contribution is 2.09. The number of hydrogen-bond acceptors (Lipinski definition) is 4. The molecule has 0 N–H and O–H groups in total. The number of rotatable bonds is 3. The summed E-state index contributed by atoms with van der Waals surface area (Å²) in [5.74, 6) is -0.0344. The zero-order valence-electron chi connectivity index (χ0n) is 11.9. The summed E-state index contributed by atoms with van der Waals surface area (Å²) in [5, 5.41) is 4.10. The van der Waals surface area contributed by atoms with Crippen molar-refractivity contribution in [3.8, 4) is 0 Å². The predicted octanol–water partition coefficient (Wildman–Crippen LogP) is 0.817. The van der Waals surface area contributed by atoms with E-state index in [4.69, 9.17) is 4.74 Å². The highest BCUT2D eigenvalue weighted by atomic mass is 16.6. The van der Waals surface area contributed by atoms with E-state index < -0.39 is 0 Å². The number of piperazine rings is 1. The maximum absolute atomic E-state index is 12.4. The fourth-order valence-corrected chi connectivity index (χ4v) is 2.24. The Morgan fingerprint density at radius 1 is 1.20 bits per heavy atom. The fourth-order valence-electron chi connectivity index (χ4n) is 2.24. The van der Waals surface area contributed by atoms with Crippen LogP contribution in [-0.2, 0) is 11.3 Å². The summed E-state index contributed by atoms with van der Waals surface area (Å²) >= 11 is 0. The molecule has 1 aromatic rings. The van der Waals surface area contributed by atoms with E-state index in [1.165, 1.54) is 0 Å². The monoisotopic (exact) mass is 280 g/mol. The standard InChI is InChI=1S/C13H20N4O3/c1-3-17-11(5-6-14-17)12(18)15-7-9-16(10-8-15)13(19)20-4-2/h5-6H,3-4,7-10H2,1-2H3. The zero-order valence-corrected chi connectivity index (χ0v) is 11.9. The van der Waals surface area contributed by atoms with Gasteiger partial charge < -0.3 is 14.5 Å². The first-order chi connectivity index (χ1) is 9.67. The highest BCUT2D eigenvalue weighted by molar-refractivity contribution is 5.92. The molecule has 0 saturated carbocycles. The summed E-state index contributed by atoms with van der Waals surface area (Å²) in [6.45, 7) is 6.81. The molecule has 0 unspecified atom stereocenters. The van der Waals surface area contributed by atoms with Crippen molar-refractivity contribution < 1.29 is 14.3 Å². The Labute approximate surface area is 118 Å². The van der Waals surface area contributed by atoms with E-state index in [0.29, 0.717) is 45.0 Å². The van der Waals surface area contributed by atoms with E-state index in [-0.39, 0.29) is 12.0 Å². The molecule has 0 spiro atoms. The maximum atomic E-state index is 12.4. The van der Waals surface area contributed by atoms with Gasteiger partial charge in [-0.15, -0.1) is 0 Å². The lowest BCUT2D eigenvalue weighted by molar-refractivity contribution is 0.0561. The number of amides is 2. The number of aryl methyl sites for hydroxylation is 1. The third-order valence-electron chi connectivity index (χ3n) is 3.33. The lowest BCUT2D eigenvalue weighted by atomic mass is 10.3. The van der Waals surface area contributed by atoms with Crippen LogP contribution in [0.4, 0.5) is 4.79 Å². The van der Waals surface area contributed by atoms with Gasteiger partial charge in [0.15, 0.2) is 0 Å². The summed E-state index contributed by atoms with van der Waals surface area (Å²) in [4.78, 5) is 27.3. The average Bonchev–Trinajstić information content (AvgIpc) is 2.95. The van der Waals surface area contributed by atoms with E-state index in [0.717, 1.165) is 0 Å². The van der Waals surface area contributed by atoms with Crippen molar-refractivity contribution in [3.05, 3.63) is 18.0 Å². The summed E-state index contributed by atoms with van der Waals surface area (Å²) < 4.78 is 6.64. The van der Waals surface area contributed by atoms with Gasteiger partial charge in [0.2, 0.25) is 0 Å². The van der Waals surface area contributed by atoms with Gasteiger partial charge in [-0.1, -0.05) is 0 Å². The molecular formula is C13H20N4O3. The van der Waals surface area contributed by atoms with Crippen molar-refractivity contribution in [1.29, 1.82) is 0 Å². The quantitative estimate of drug-likeness (QED) is 0.822.